The minimum atomic E-state index is -1.24. The lowest BCUT2D eigenvalue weighted by Gasteiger charge is -2.20. The normalized spacial score (nSPS) is 12.7. The molecule has 4 nitrogen and oxygen atoms in total. The third kappa shape index (κ3) is 6.46. The number of anilines is 1. The van der Waals surface area contributed by atoms with Crippen molar-refractivity contribution in [3.8, 4) is 11.3 Å². The number of halogens is 1. The molecule has 0 radical (unpaired) electrons. The number of benzene rings is 1. The summed E-state index contributed by atoms with van der Waals surface area (Å²) in [5.41, 5.74) is 3.40. The van der Waals surface area contributed by atoms with E-state index in [0.717, 1.165) is 35.4 Å². The summed E-state index contributed by atoms with van der Waals surface area (Å²) in [7, 11) is 0.478. The molecule has 0 aliphatic heterocycles. The van der Waals surface area contributed by atoms with Crippen LogP contribution in [0.5, 0.6) is 0 Å². The van der Waals surface area contributed by atoms with Crippen molar-refractivity contribution in [1.29, 1.82) is 0 Å². The highest BCUT2D eigenvalue weighted by Crippen LogP contribution is 2.31. The number of rotatable bonds is 10. The van der Waals surface area contributed by atoms with Crippen LogP contribution in [0.2, 0.25) is 0 Å². The first kappa shape index (κ1) is 23.2. The smallest absolute Gasteiger partial charge is 0.237 e. The standard InChI is InChI=1S/C23H32FN3OS/c1-6-7-8-9-10-11-12-20-21(17(2)3)25-23(27(4)29(5)28)26-22(20)18-13-15-19(24)16-14-18/h11-17H,6-10H2,1-5H3/b12-11+. The highest BCUT2D eigenvalue weighted by atomic mass is 32.2. The average molecular weight is 418 g/mol. The van der Waals surface area contributed by atoms with Crippen LogP contribution >= 0.6 is 0 Å². The van der Waals surface area contributed by atoms with Gasteiger partial charge in [-0.1, -0.05) is 52.2 Å². The largest absolute Gasteiger partial charge is 0.263 e. The van der Waals surface area contributed by atoms with E-state index in [4.69, 9.17) is 9.97 Å². The third-order valence-corrected chi connectivity index (χ3v) is 5.74. The van der Waals surface area contributed by atoms with Crippen LogP contribution in [-0.4, -0.2) is 27.5 Å². The van der Waals surface area contributed by atoms with Crippen molar-refractivity contribution in [1.82, 2.24) is 9.97 Å². The van der Waals surface area contributed by atoms with Gasteiger partial charge in [0, 0.05) is 24.4 Å². The number of unbranched alkanes of at least 4 members (excludes halogenated alkanes) is 4. The number of allylic oxidation sites excluding steroid dienone is 1. The molecule has 2 aromatic rings. The van der Waals surface area contributed by atoms with Gasteiger partial charge >= 0.3 is 0 Å². The van der Waals surface area contributed by atoms with Crippen molar-refractivity contribution in [2.45, 2.75) is 58.8 Å². The highest BCUT2D eigenvalue weighted by molar-refractivity contribution is 7.85. The molecule has 0 fully saturated rings. The summed E-state index contributed by atoms with van der Waals surface area (Å²) in [6.07, 6.45) is 11.7. The fourth-order valence-electron chi connectivity index (χ4n) is 3.05. The Balaban J connectivity index is 2.53. The van der Waals surface area contributed by atoms with Gasteiger partial charge in [0.05, 0.1) is 11.4 Å². The molecule has 0 spiro atoms. The third-order valence-electron chi connectivity index (χ3n) is 4.80. The summed E-state index contributed by atoms with van der Waals surface area (Å²) in [6, 6.07) is 6.33. The molecule has 0 saturated carbocycles. The fraction of sp³-hybridized carbons (Fsp3) is 0.478. The zero-order chi connectivity index (χ0) is 21.4. The van der Waals surface area contributed by atoms with Crippen LogP contribution < -0.4 is 4.31 Å². The van der Waals surface area contributed by atoms with E-state index in [1.54, 1.807) is 29.7 Å². The van der Waals surface area contributed by atoms with Gasteiger partial charge in [0.1, 0.15) is 16.8 Å². The molecular weight excluding hydrogens is 385 g/mol. The molecule has 158 valence electrons. The van der Waals surface area contributed by atoms with Gasteiger partial charge in [0.25, 0.3) is 0 Å². The minimum Gasteiger partial charge on any atom is -0.263 e. The van der Waals surface area contributed by atoms with E-state index in [9.17, 15) is 8.60 Å². The number of nitrogens with zero attached hydrogens (tertiary/aromatic N) is 3. The quantitative estimate of drug-likeness (QED) is 0.438. The molecule has 1 aromatic heterocycles. The summed E-state index contributed by atoms with van der Waals surface area (Å²) >= 11 is 0. The van der Waals surface area contributed by atoms with Crippen molar-refractivity contribution < 1.29 is 8.60 Å². The molecule has 1 unspecified atom stereocenters. The van der Waals surface area contributed by atoms with Crippen LogP contribution in [0.1, 0.15) is 70.1 Å². The van der Waals surface area contributed by atoms with Crippen LogP contribution in [0.25, 0.3) is 17.3 Å². The Bertz CT molecular complexity index is 850. The summed E-state index contributed by atoms with van der Waals surface area (Å²) in [5.74, 6) is 0.287. The lowest BCUT2D eigenvalue weighted by atomic mass is 9.97. The van der Waals surface area contributed by atoms with Crippen molar-refractivity contribution in [3.05, 3.63) is 47.4 Å². The molecule has 29 heavy (non-hydrogen) atoms. The second kappa shape index (κ2) is 11.2. The van der Waals surface area contributed by atoms with Crippen molar-refractivity contribution in [2.24, 2.45) is 0 Å². The maximum atomic E-state index is 13.5. The lowest BCUT2D eigenvalue weighted by molar-refractivity contribution is 0.628. The second-order valence-corrected chi connectivity index (χ2v) is 8.90. The molecule has 0 saturated heterocycles. The van der Waals surface area contributed by atoms with Crippen molar-refractivity contribution >= 4 is 23.0 Å². The number of hydrogen-bond acceptors (Lipinski definition) is 3. The van der Waals surface area contributed by atoms with Gasteiger partial charge in [0.15, 0.2) is 0 Å². The Hall–Kier alpha value is -2.08. The van der Waals surface area contributed by atoms with Crippen LogP contribution in [0.3, 0.4) is 0 Å². The number of hydrogen-bond donors (Lipinski definition) is 0. The van der Waals surface area contributed by atoms with Gasteiger partial charge < -0.3 is 0 Å². The SMILES string of the molecule is CCCCCC/C=C/c1c(-c2ccc(F)cc2)nc(N(C)S(C)=O)nc1C(C)C. The predicted octanol–water partition coefficient (Wildman–Crippen LogP) is 6.12. The zero-order valence-electron chi connectivity index (χ0n) is 18.1. The van der Waals surface area contributed by atoms with Crippen molar-refractivity contribution in [3.63, 3.8) is 0 Å². The Labute approximate surface area is 176 Å². The van der Waals surface area contributed by atoms with Crippen LogP contribution in [0.4, 0.5) is 10.3 Å². The van der Waals surface area contributed by atoms with Crippen LogP contribution in [-0.2, 0) is 11.0 Å². The van der Waals surface area contributed by atoms with Gasteiger partial charge in [-0.05, 0) is 43.0 Å². The first-order valence-corrected chi connectivity index (χ1v) is 11.8. The van der Waals surface area contributed by atoms with Gasteiger partial charge in [-0.3, -0.25) is 4.31 Å². The maximum absolute atomic E-state index is 13.5. The molecule has 1 atom stereocenters. The zero-order valence-corrected chi connectivity index (χ0v) is 18.9. The van der Waals surface area contributed by atoms with Crippen LogP contribution in [0, 0.1) is 5.82 Å². The monoisotopic (exact) mass is 417 g/mol. The molecule has 1 aromatic carbocycles. The summed E-state index contributed by atoms with van der Waals surface area (Å²) in [5, 5.41) is 0. The fourth-order valence-corrected chi connectivity index (χ4v) is 3.36. The van der Waals surface area contributed by atoms with Gasteiger partial charge in [-0.25, -0.2) is 18.6 Å². The molecule has 0 N–H and O–H groups in total. The van der Waals surface area contributed by atoms with Crippen molar-refractivity contribution in [2.75, 3.05) is 17.6 Å². The molecule has 1 heterocycles. The minimum absolute atomic E-state index is 0.161. The van der Waals surface area contributed by atoms with E-state index in [1.807, 2.05) is 0 Å². The Morgan fingerprint density at radius 3 is 2.41 bits per heavy atom. The van der Waals surface area contributed by atoms with E-state index < -0.39 is 11.0 Å². The van der Waals surface area contributed by atoms with Gasteiger partial charge in [-0.15, -0.1) is 0 Å². The second-order valence-electron chi connectivity index (χ2n) is 7.51. The summed E-state index contributed by atoms with van der Waals surface area (Å²) in [4.78, 5) is 9.44. The average Bonchev–Trinajstić information content (AvgIpc) is 2.70. The Kier molecular flexibility index (Phi) is 8.96. The first-order valence-electron chi connectivity index (χ1n) is 10.3. The van der Waals surface area contributed by atoms with Crippen LogP contribution in [0.15, 0.2) is 30.3 Å². The van der Waals surface area contributed by atoms with Gasteiger partial charge in [-0.2, -0.15) is 0 Å². The Morgan fingerprint density at radius 2 is 1.83 bits per heavy atom. The van der Waals surface area contributed by atoms with E-state index in [2.05, 4.69) is 32.9 Å². The maximum Gasteiger partial charge on any atom is 0.237 e. The molecule has 0 bridgehead atoms. The Morgan fingerprint density at radius 1 is 1.14 bits per heavy atom. The van der Waals surface area contributed by atoms with E-state index in [0.29, 0.717) is 5.95 Å². The molecular formula is C23H32FN3OS. The molecule has 0 amide bonds. The predicted molar refractivity (Wildman–Crippen MR) is 122 cm³/mol. The van der Waals surface area contributed by atoms with E-state index >= 15 is 0 Å². The van der Waals surface area contributed by atoms with E-state index in [1.165, 1.54) is 31.4 Å². The summed E-state index contributed by atoms with van der Waals surface area (Å²) in [6.45, 7) is 6.38. The molecule has 6 heteroatoms. The lowest BCUT2D eigenvalue weighted by Crippen LogP contribution is -2.22. The summed E-state index contributed by atoms with van der Waals surface area (Å²) < 4.78 is 27.0. The number of aromatic nitrogens is 2. The molecule has 0 aliphatic carbocycles. The van der Waals surface area contributed by atoms with Gasteiger partial charge in [0.2, 0.25) is 5.95 Å². The highest BCUT2D eigenvalue weighted by Gasteiger charge is 2.19. The molecule has 0 aliphatic rings. The van der Waals surface area contributed by atoms with E-state index in [-0.39, 0.29) is 11.7 Å². The topological polar surface area (TPSA) is 46.1 Å². The molecule has 2 rings (SSSR count). The first-order chi connectivity index (χ1) is 13.8.